The molecule has 0 atom stereocenters. The molecule has 1 amide bonds. The van der Waals surface area contributed by atoms with Crippen LogP contribution in [0.5, 0.6) is 0 Å². The van der Waals surface area contributed by atoms with Crippen molar-refractivity contribution < 1.29 is 4.79 Å². The number of nitrogens with one attached hydrogen (secondary N) is 1. The Kier molecular flexibility index (Phi) is 4.25. The Morgan fingerprint density at radius 1 is 1.19 bits per heavy atom. The molecule has 3 rings (SSSR count). The lowest BCUT2D eigenvalue weighted by atomic mass is 10.1. The molecule has 112 valence electrons. The van der Waals surface area contributed by atoms with Crippen molar-refractivity contribution in [2.24, 2.45) is 0 Å². The van der Waals surface area contributed by atoms with Gasteiger partial charge in [-0.1, -0.05) is 12.1 Å². The smallest absolute Gasteiger partial charge is 0.242 e. The fourth-order valence-electron chi connectivity index (χ4n) is 3.07. The van der Waals surface area contributed by atoms with E-state index >= 15 is 0 Å². The van der Waals surface area contributed by atoms with Crippen molar-refractivity contribution in [3.05, 3.63) is 36.0 Å². The minimum Gasteiger partial charge on any atom is -0.341 e. The van der Waals surface area contributed by atoms with Crippen LogP contribution in [0, 0.1) is 0 Å². The standard InChI is InChI=1S/C17H23N3O/c1-18-12-14-5-6-15-7-10-20(16(15)11-14)13-17(21)19-8-3-2-4-9-19/h5-7,10-11,18H,2-4,8-9,12-13H2,1H3. The second kappa shape index (κ2) is 6.31. The van der Waals surface area contributed by atoms with Gasteiger partial charge in [0.25, 0.3) is 0 Å². The summed E-state index contributed by atoms with van der Waals surface area (Å²) in [6.45, 7) is 3.14. The molecule has 1 aliphatic heterocycles. The highest BCUT2D eigenvalue weighted by Gasteiger charge is 2.17. The molecule has 2 aromatic rings. The molecule has 2 heterocycles. The molecule has 0 bridgehead atoms. The van der Waals surface area contributed by atoms with Gasteiger partial charge in [-0.15, -0.1) is 0 Å². The van der Waals surface area contributed by atoms with E-state index in [0.29, 0.717) is 6.54 Å². The number of aromatic nitrogens is 1. The molecule has 1 saturated heterocycles. The Morgan fingerprint density at radius 3 is 2.76 bits per heavy atom. The van der Waals surface area contributed by atoms with Crippen molar-refractivity contribution in [2.75, 3.05) is 20.1 Å². The second-order valence-corrected chi connectivity index (χ2v) is 5.81. The van der Waals surface area contributed by atoms with Crippen LogP contribution in [-0.2, 0) is 17.9 Å². The van der Waals surface area contributed by atoms with Gasteiger partial charge in [0.1, 0.15) is 6.54 Å². The van der Waals surface area contributed by atoms with Crippen molar-refractivity contribution in [1.29, 1.82) is 0 Å². The maximum absolute atomic E-state index is 12.4. The van der Waals surface area contributed by atoms with Gasteiger partial charge in [-0.3, -0.25) is 4.79 Å². The van der Waals surface area contributed by atoms with E-state index in [0.717, 1.165) is 38.0 Å². The first kappa shape index (κ1) is 14.1. The molecule has 0 saturated carbocycles. The van der Waals surface area contributed by atoms with Crippen molar-refractivity contribution >= 4 is 16.8 Å². The van der Waals surface area contributed by atoms with Crippen LogP contribution < -0.4 is 5.32 Å². The predicted molar refractivity (Wildman–Crippen MR) is 85.1 cm³/mol. The highest BCUT2D eigenvalue weighted by atomic mass is 16.2. The molecule has 4 heteroatoms. The van der Waals surface area contributed by atoms with E-state index in [-0.39, 0.29) is 5.91 Å². The first-order chi connectivity index (χ1) is 10.3. The number of hydrogen-bond donors (Lipinski definition) is 1. The SMILES string of the molecule is CNCc1ccc2ccn(CC(=O)N3CCCCC3)c2c1. The maximum atomic E-state index is 12.4. The van der Waals surface area contributed by atoms with Crippen LogP contribution in [0.3, 0.4) is 0 Å². The first-order valence-corrected chi connectivity index (χ1v) is 7.78. The minimum atomic E-state index is 0.242. The van der Waals surface area contributed by atoms with Crippen LogP contribution in [-0.4, -0.2) is 35.5 Å². The summed E-state index contributed by atoms with van der Waals surface area (Å²) in [6.07, 6.45) is 5.56. The number of amides is 1. The van der Waals surface area contributed by atoms with Gasteiger partial charge >= 0.3 is 0 Å². The highest BCUT2D eigenvalue weighted by molar-refractivity contribution is 5.84. The van der Waals surface area contributed by atoms with Crippen LogP contribution in [0.15, 0.2) is 30.5 Å². The second-order valence-electron chi connectivity index (χ2n) is 5.81. The van der Waals surface area contributed by atoms with Gasteiger partial charge < -0.3 is 14.8 Å². The largest absolute Gasteiger partial charge is 0.341 e. The zero-order chi connectivity index (χ0) is 14.7. The Labute approximate surface area is 125 Å². The molecule has 0 aliphatic carbocycles. The minimum absolute atomic E-state index is 0.242. The molecule has 1 aliphatic rings. The Hall–Kier alpha value is -1.81. The van der Waals surface area contributed by atoms with E-state index in [1.165, 1.54) is 17.4 Å². The lowest BCUT2D eigenvalue weighted by molar-refractivity contribution is -0.132. The lowest BCUT2D eigenvalue weighted by Crippen LogP contribution is -2.37. The number of carbonyl (C=O) groups is 1. The van der Waals surface area contributed by atoms with Crippen LogP contribution in [0.2, 0.25) is 0 Å². The number of carbonyl (C=O) groups excluding carboxylic acids is 1. The molecule has 0 unspecified atom stereocenters. The van der Waals surface area contributed by atoms with E-state index in [2.05, 4.69) is 34.1 Å². The van der Waals surface area contributed by atoms with Crippen molar-refractivity contribution in [1.82, 2.24) is 14.8 Å². The summed E-state index contributed by atoms with van der Waals surface area (Å²) in [6, 6.07) is 8.52. The number of piperidine rings is 1. The van der Waals surface area contributed by atoms with Gasteiger partial charge in [0.05, 0.1) is 0 Å². The summed E-state index contributed by atoms with van der Waals surface area (Å²) in [4.78, 5) is 14.4. The average molecular weight is 285 g/mol. The average Bonchev–Trinajstić information content (AvgIpc) is 2.91. The van der Waals surface area contributed by atoms with E-state index in [1.807, 2.05) is 18.1 Å². The number of likely N-dealkylation sites (tertiary alicyclic amines) is 1. The number of hydrogen-bond acceptors (Lipinski definition) is 2. The predicted octanol–water partition coefficient (Wildman–Crippen LogP) is 2.37. The molecular formula is C17H23N3O. The number of fused-ring (bicyclic) bond motifs is 1. The molecule has 1 aromatic heterocycles. The summed E-state index contributed by atoms with van der Waals surface area (Å²) < 4.78 is 2.07. The first-order valence-electron chi connectivity index (χ1n) is 7.78. The number of nitrogens with zero attached hydrogens (tertiary/aromatic N) is 2. The molecule has 4 nitrogen and oxygen atoms in total. The van der Waals surface area contributed by atoms with Gasteiger partial charge in [0, 0.05) is 31.3 Å². The van der Waals surface area contributed by atoms with Crippen molar-refractivity contribution in [2.45, 2.75) is 32.4 Å². The van der Waals surface area contributed by atoms with E-state index in [1.54, 1.807) is 0 Å². The van der Waals surface area contributed by atoms with Gasteiger partial charge in [-0.25, -0.2) is 0 Å². The van der Waals surface area contributed by atoms with E-state index < -0.39 is 0 Å². The van der Waals surface area contributed by atoms with E-state index in [9.17, 15) is 4.79 Å². The normalized spacial score (nSPS) is 15.6. The monoisotopic (exact) mass is 285 g/mol. The Balaban J connectivity index is 1.79. The number of rotatable bonds is 4. The maximum Gasteiger partial charge on any atom is 0.242 e. The van der Waals surface area contributed by atoms with Gasteiger partial charge in [-0.2, -0.15) is 0 Å². The molecular weight excluding hydrogens is 262 g/mol. The third-order valence-electron chi connectivity index (χ3n) is 4.23. The van der Waals surface area contributed by atoms with Crippen LogP contribution in [0.1, 0.15) is 24.8 Å². The third-order valence-corrected chi connectivity index (χ3v) is 4.23. The highest BCUT2D eigenvalue weighted by Crippen LogP contribution is 2.18. The summed E-state index contributed by atoms with van der Waals surface area (Å²) in [5.41, 5.74) is 2.39. The molecule has 1 aromatic carbocycles. The van der Waals surface area contributed by atoms with Crippen molar-refractivity contribution in [3.8, 4) is 0 Å². The topological polar surface area (TPSA) is 37.3 Å². The van der Waals surface area contributed by atoms with Gasteiger partial charge in [0.15, 0.2) is 0 Å². The summed E-state index contributed by atoms with van der Waals surface area (Å²) >= 11 is 0. The molecule has 0 spiro atoms. The fourth-order valence-corrected chi connectivity index (χ4v) is 3.07. The fraction of sp³-hybridized carbons (Fsp3) is 0.471. The van der Waals surface area contributed by atoms with Gasteiger partial charge in [0.2, 0.25) is 5.91 Å². The molecule has 1 N–H and O–H groups in total. The zero-order valence-corrected chi connectivity index (χ0v) is 12.6. The summed E-state index contributed by atoms with van der Waals surface area (Å²) in [5, 5.41) is 4.36. The molecule has 0 radical (unpaired) electrons. The summed E-state index contributed by atoms with van der Waals surface area (Å²) in [7, 11) is 1.95. The van der Waals surface area contributed by atoms with Crippen LogP contribution >= 0.6 is 0 Å². The van der Waals surface area contributed by atoms with E-state index in [4.69, 9.17) is 0 Å². The Morgan fingerprint density at radius 2 is 2.00 bits per heavy atom. The van der Waals surface area contributed by atoms with Crippen molar-refractivity contribution in [3.63, 3.8) is 0 Å². The Bertz CT molecular complexity index is 626. The van der Waals surface area contributed by atoms with Crippen LogP contribution in [0.25, 0.3) is 10.9 Å². The number of benzene rings is 1. The summed E-state index contributed by atoms with van der Waals surface area (Å²) in [5.74, 6) is 0.242. The quantitative estimate of drug-likeness (QED) is 0.936. The zero-order valence-electron chi connectivity index (χ0n) is 12.6. The van der Waals surface area contributed by atoms with Crippen LogP contribution in [0.4, 0.5) is 0 Å². The molecule has 1 fully saturated rings. The lowest BCUT2D eigenvalue weighted by Gasteiger charge is -2.27. The van der Waals surface area contributed by atoms with Gasteiger partial charge in [-0.05, 0) is 49.4 Å². The third kappa shape index (κ3) is 3.10. The molecule has 21 heavy (non-hydrogen) atoms.